The summed E-state index contributed by atoms with van der Waals surface area (Å²) in [5.74, 6) is 1.31. The van der Waals surface area contributed by atoms with Gasteiger partial charge in [0.25, 0.3) is 0 Å². The molecule has 0 aromatic carbocycles. The Labute approximate surface area is 166 Å². The Kier molecular flexibility index (Phi) is 5.32. The molecule has 2 aromatic heterocycles. The van der Waals surface area contributed by atoms with Gasteiger partial charge in [-0.05, 0) is 44.7 Å². The fraction of sp³-hybridized carbons (Fsp3) is 0.600. The summed E-state index contributed by atoms with van der Waals surface area (Å²) in [6.07, 6.45) is 2.38. The van der Waals surface area contributed by atoms with E-state index >= 15 is 0 Å². The van der Waals surface area contributed by atoms with Crippen molar-refractivity contribution in [1.82, 2.24) is 19.9 Å². The van der Waals surface area contributed by atoms with Crippen molar-refractivity contribution >= 4 is 28.9 Å². The zero-order valence-electron chi connectivity index (χ0n) is 17.6. The van der Waals surface area contributed by atoms with E-state index in [2.05, 4.69) is 33.7 Å². The number of hydrogen-bond donors (Lipinski definition) is 1. The van der Waals surface area contributed by atoms with Crippen LogP contribution >= 0.6 is 0 Å². The third-order valence-corrected chi connectivity index (χ3v) is 4.91. The van der Waals surface area contributed by atoms with E-state index in [0.29, 0.717) is 12.5 Å². The molecular weight excluding hydrogens is 356 g/mol. The third kappa shape index (κ3) is 4.26. The Morgan fingerprint density at radius 1 is 1.36 bits per heavy atom. The number of nitrogens with zero attached hydrogens (tertiary/aromatic N) is 5. The van der Waals surface area contributed by atoms with Crippen molar-refractivity contribution in [1.29, 1.82) is 0 Å². The molecule has 0 bridgehead atoms. The lowest BCUT2D eigenvalue weighted by atomic mass is 10.1. The lowest BCUT2D eigenvalue weighted by molar-refractivity contribution is 0.0238. The number of ether oxygens (including phenoxy) is 1. The molecule has 8 heteroatoms. The second kappa shape index (κ2) is 7.41. The molecule has 1 amide bonds. The molecule has 28 heavy (non-hydrogen) atoms. The van der Waals surface area contributed by atoms with Crippen molar-refractivity contribution in [3.63, 3.8) is 0 Å². The van der Waals surface area contributed by atoms with Crippen molar-refractivity contribution in [2.24, 2.45) is 0 Å². The summed E-state index contributed by atoms with van der Waals surface area (Å²) in [4.78, 5) is 29.6. The zero-order chi connectivity index (χ0) is 20.6. The molecule has 152 valence electrons. The number of carbonyl (C=O) groups excluding carboxylic acids is 1. The number of pyridine rings is 1. The topological polar surface area (TPSA) is 97.5 Å². The first-order chi connectivity index (χ1) is 13.0. The highest BCUT2D eigenvalue weighted by Crippen LogP contribution is 2.29. The molecular formula is C20H30N6O2. The van der Waals surface area contributed by atoms with Crippen molar-refractivity contribution in [2.45, 2.75) is 58.6 Å². The van der Waals surface area contributed by atoms with Gasteiger partial charge in [0, 0.05) is 26.3 Å². The first kappa shape index (κ1) is 20.1. The van der Waals surface area contributed by atoms with Crippen molar-refractivity contribution in [3.05, 3.63) is 17.8 Å². The fourth-order valence-corrected chi connectivity index (χ4v) is 3.31. The molecule has 1 aliphatic heterocycles. The number of carbonyl (C=O) groups is 1. The fourth-order valence-electron chi connectivity index (χ4n) is 3.31. The van der Waals surface area contributed by atoms with Crippen LogP contribution in [-0.2, 0) is 4.74 Å². The predicted octanol–water partition coefficient (Wildman–Crippen LogP) is 3.18. The lowest BCUT2D eigenvalue weighted by Gasteiger charge is -2.28. The molecule has 1 aliphatic rings. The molecule has 0 unspecified atom stereocenters. The van der Waals surface area contributed by atoms with Gasteiger partial charge in [-0.2, -0.15) is 4.98 Å². The van der Waals surface area contributed by atoms with Gasteiger partial charge in [-0.3, -0.25) is 4.98 Å². The predicted molar refractivity (Wildman–Crippen MR) is 110 cm³/mol. The van der Waals surface area contributed by atoms with Crippen LogP contribution in [0.2, 0.25) is 0 Å². The summed E-state index contributed by atoms with van der Waals surface area (Å²) in [5, 5.41) is 0. The van der Waals surface area contributed by atoms with Gasteiger partial charge >= 0.3 is 6.09 Å². The number of fused-ring (bicyclic) bond motifs is 1. The van der Waals surface area contributed by atoms with Crippen LogP contribution in [0.1, 0.15) is 52.5 Å². The summed E-state index contributed by atoms with van der Waals surface area (Å²) in [6.45, 7) is 11.2. The van der Waals surface area contributed by atoms with Gasteiger partial charge in [-0.15, -0.1) is 0 Å². The normalized spacial score (nSPS) is 17.4. The Bertz CT molecular complexity index is 877. The van der Waals surface area contributed by atoms with Crippen LogP contribution in [0, 0.1) is 0 Å². The Morgan fingerprint density at radius 2 is 2.07 bits per heavy atom. The quantitative estimate of drug-likeness (QED) is 0.865. The molecule has 1 fully saturated rings. The molecule has 2 aromatic rings. The third-order valence-electron chi connectivity index (χ3n) is 4.91. The summed E-state index contributed by atoms with van der Waals surface area (Å²) in [6, 6.07) is 2.06. The van der Waals surface area contributed by atoms with Gasteiger partial charge in [0.2, 0.25) is 5.95 Å². The Hall–Kier alpha value is -2.64. The Balaban J connectivity index is 1.83. The van der Waals surface area contributed by atoms with Gasteiger partial charge in [0.1, 0.15) is 11.1 Å². The van der Waals surface area contributed by atoms with Gasteiger partial charge in [-0.25, -0.2) is 9.78 Å². The van der Waals surface area contributed by atoms with Crippen LogP contribution in [0.3, 0.4) is 0 Å². The van der Waals surface area contributed by atoms with E-state index < -0.39 is 5.60 Å². The summed E-state index contributed by atoms with van der Waals surface area (Å²) in [5.41, 5.74) is 8.05. The van der Waals surface area contributed by atoms with Crippen LogP contribution in [0.15, 0.2) is 12.3 Å². The number of hydrogen-bond acceptors (Lipinski definition) is 7. The summed E-state index contributed by atoms with van der Waals surface area (Å²) < 4.78 is 5.49. The molecule has 1 atom stereocenters. The molecule has 0 radical (unpaired) electrons. The highest BCUT2D eigenvalue weighted by atomic mass is 16.6. The van der Waals surface area contributed by atoms with Crippen molar-refractivity contribution in [2.75, 3.05) is 30.8 Å². The van der Waals surface area contributed by atoms with E-state index in [1.54, 1.807) is 11.9 Å². The number of likely N-dealkylation sites (N-methyl/N-ethyl adjacent to an activating group) is 1. The van der Waals surface area contributed by atoms with E-state index in [9.17, 15) is 4.79 Å². The second-order valence-electron chi connectivity index (χ2n) is 8.68. The van der Waals surface area contributed by atoms with E-state index in [-0.39, 0.29) is 18.1 Å². The Morgan fingerprint density at radius 3 is 2.71 bits per heavy atom. The molecule has 1 saturated heterocycles. The minimum atomic E-state index is -0.515. The van der Waals surface area contributed by atoms with Crippen molar-refractivity contribution < 1.29 is 9.53 Å². The molecule has 3 rings (SSSR count). The molecule has 0 aliphatic carbocycles. The van der Waals surface area contributed by atoms with E-state index in [1.165, 1.54) is 0 Å². The first-order valence-corrected chi connectivity index (χ1v) is 9.69. The number of anilines is 2. The largest absolute Gasteiger partial charge is 0.444 e. The van der Waals surface area contributed by atoms with Crippen LogP contribution in [0.25, 0.3) is 11.0 Å². The lowest BCUT2D eigenvalue weighted by Crippen LogP contribution is -2.42. The van der Waals surface area contributed by atoms with Crippen LogP contribution in [0.4, 0.5) is 16.6 Å². The van der Waals surface area contributed by atoms with Crippen LogP contribution < -0.4 is 10.6 Å². The van der Waals surface area contributed by atoms with E-state index in [4.69, 9.17) is 10.5 Å². The molecule has 2 N–H and O–H groups in total. The maximum Gasteiger partial charge on any atom is 0.410 e. The maximum atomic E-state index is 12.4. The van der Waals surface area contributed by atoms with Gasteiger partial charge in [0.05, 0.1) is 11.6 Å². The van der Waals surface area contributed by atoms with E-state index in [0.717, 1.165) is 35.4 Å². The maximum absolute atomic E-state index is 12.4. The first-order valence-electron chi connectivity index (χ1n) is 9.69. The van der Waals surface area contributed by atoms with Crippen molar-refractivity contribution in [3.8, 4) is 0 Å². The summed E-state index contributed by atoms with van der Waals surface area (Å²) in [7, 11) is 1.78. The minimum absolute atomic E-state index is 0.0380. The second-order valence-corrected chi connectivity index (χ2v) is 8.68. The zero-order valence-corrected chi connectivity index (χ0v) is 17.6. The molecule has 0 spiro atoms. The smallest absolute Gasteiger partial charge is 0.410 e. The SMILES string of the molecule is CC(C)c1cnc2c(N3CC[C@@H](N(C)C(=O)OC(C)(C)C)C3)nc(N)nc2c1. The monoisotopic (exact) mass is 386 g/mol. The van der Waals surface area contributed by atoms with E-state index in [1.807, 2.05) is 33.0 Å². The van der Waals surface area contributed by atoms with Gasteiger partial charge in [-0.1, -0.05) is 13.8 Å². The average Bonchev–Trinajstić information content (AvgIpc) is 3.07. The number of nitrogen functional groups attached to an aromatic ring is 1. The average molecular weight is 387 g/mol. The standard InChI is InChI=1S/C20H30N6O2/c1-12(2)13-9-15-16(22-10-13)17(24-18(21)23-15)26-8-7-14(11-26)25(6)19(27)28-20(3,4)5/h9-10,12,14H,7-8,11H2,1-6H3,(H2,21,23,24)/t14-/m1/s1. The number of amides is 1. The van der Waals surface area contributed by atoms with Gasteiger partial charge in [0.15, 0.2) is 5.82 Å². The minimum Gasteiger partial charge on any atom is -0.444 e. The highest BCUT2D eigenvalue weighted by Gasteiger charge is 2.32. The number of nitrogens with two attached hydrogens (primary N) is 1. The highest BCUT2D eigenvalue weighted by molar-refractivity contribution is 5.87. The molecule has 8 nitrogen and oxygen atoms in total. The number of aromatic nitrogens is 3. The molecule has 3 heterocycles. The summed E-state index contributed by atoms with van der Waals surface area (Å²) >= 11 is 0. The van der Waals surface area contributed by atoms with Crippen LogP contribution in [-0.4, -0.2) is 57.7 Å². The molecule has 0 saturated carbocycles. The van der Waals surface area contributed by atoms with Crippen LogP contribution in [0.5, 0.6) is 0 Å². The van der Waals surface area contributed by atoms with Gasteiger partial charge < -0.3 is 20.3 Å². The number of rotatable bonds is 3.